The molecule has 0 radical (unpaired) electrons. The Labute approximate surface area is 124 Å². The summed E-state index contributed by atoms with van der Waals surface area (Å²) in [7, 11) is 0. The average molecular weight is 323 g/mol. The van der Waals surface area contributed by atoms with E-state index in [1.54, 1.807) is 0 Å². The second-order valence-corrected chi connectivity index (χ2v) is 7.20. The maximum Gasteiger partial charge on any atom is 0.0413 e. The lowest BCUT2D eigenvalue weighted by molar-refractivity contribution is 0.699. The zero-order valence-electron chi connectivity index (χ0n) is 11.6. The summed E-state index contributed by atoms with van der Waals surface area (Å²) in [5.41, 5.74) is 8.83. The van der Waals surface area contributed by atoms with E-state index in [1.807, 2.05) is 0 Å². The molecular formula is C16H23BrN2. The van der Waals surface area contributed by atoms with Crippen LogP contribution < -0.4 is 10.6 Å². The van der Waals surface area contributed by atoms with Crippen molar-refractivity contribution < 1.29 is 0 Å². The molecule has 2 saturated carbocycles. The molecule has 0 heterocycles. The highest BCUT2D eigenvalue weighted by Gasteiger charge is 2.34. The van der Waals surface area contributed by atoms with Crippen LogP contribution in [0.1, 0.15) is 38.2 Å². The molecule has 0 bridgehead atoms. The van der Waals surface area contributed by atoms with Gasteiger partial charge in [-0.2, -0.15) is 0 Å². The predicted octanol–water partition coefficient (Wildman–Crippen LogP) is 3.72. The maximum atomic E-state index is 6.01. The third-order valence-electron chi connectivity index (χ3n) is 4.04. The van der Waals surface area contributed by atoms with Crippen molar-refractivity contribution in [3.8, 4) is 0 Å². The fraction of sp³-hybridized carbons (Fsp3) is 0.625. The molecule has 2 N–H and O–H groups in total. The van der Waals surface area contributed by atoms with Crippen molar-refractivity contribution in [1.29, 1.82) is 0 Å². The van der Waals surface area contributed by atoms with Crippen molar-refractivity contribution in [1.82, 2.24) is 0 Å². The van der Waals surface area contributed by atoms with Gasteiger partial charge >= 0.3 is 0 Å². The standard InChI is InChI=1S/C16H23BrN2/c1-11(18)8-13-4-5-14(17)9-16(13)19(15-6-7-15)10-12-2-3-12/h4-5,9,11-12,15H,2-3,6-8,10,18H2,1H3. The molecule has 104 valence electrons. The lowest BCUT2D eigenvalue weighted by atomic mass is 10.0. The van der Waals surface area contributed by atoms with E-state index < -0.39 is 0 Å². The highest BCUT2D eigenvalue weighted by Crippen LogP contribution is 2.39. The van der Waals surface area contributed by atoms with Gasteiger partial charge in [-0.15, -0.1) is 0 Å². The third-order valence-corrected chi connectivity index (χ3v) is 4.53. The molecule has 19 heavy (non-hydrogen) atoms. The second kappa shape index (κ2) is 5.45. The number of halogens is 1. The Morgan fingerprint density at radius 1 is 1.32 bits per heavy atom. The number of hydrogen-bond donors (Lipinski definition) is 1. The van der Waals surface area contributed by atoms with E-state index in [1.165, 1.54) is 48.0 Å². The van der Waals surface area contributed by atoms with Crippen LogP contribution in [0.2, 0.25) is 0 Å². The number of nitrogens with two attached hydrogens (primary N) is 1. The van der Waals surface area contributed by atoms with Crippen LogP contribution in [0.4, 0.5) is 5.69 Å². The van der Waals surface area contributed by atoms with Crippen LogP contribution in [0.25, 0.3) is 0 Å². The smallest absolute Gasteiger partial charge is 0.0413 e. The molecule has 3 heteroatoms. The lowest BCUT2D eigenvalue weighted by Crippen LogP contribution is -2.30. The van der Waals surface area contributed by atoms with Gasteiger partial charge in [-0.3, -0.25) is 0 Å². The Hall–Kier alpha value is -0.540. The Morgan fingerprint density at radius 2 is 2.05 bits per heavy atom. The zero-order valence-corrected chi connectivity index (χ0v) is 13.2. The Kier molecular flexibility index (Phi) is 3.86. The normalized spacial score (nSPS) is 20.4. The molecule has 1 unspecified atom stereocenters. The van der Waals surface area contributed by atoms with Gasteiger partial charge in [0, 0.05) is 28.8 Å². The zero-order chi connectivity index (χ0) is 13.4. The van der Waals surface area contributed by atoms with Crippen molar-refractivity contribution in [3.63, 3.8) is 0 Å². The first kappa shape index (κ1) is 13.4. The largest absolute Gasteiger partial charge is 0.368 e. The predicted molar refractivity (Wildman–Crippen MR) is 84.6 cm³/mol. The quantitative estimate of drug-likeness (QED) is 0.864. The molecule has 2 aliphatic rings. The summed E-state index contributed by atoms with van der Waals surface area (Å²) in [5, 5.41) is 0. The van der Waals surface area contributed by atoms with Gasteiger partial charge in [-0.25, -0.2) is 0 Å². The molecule has 0 aliphatic heterocycles. The van der Waals surface area contributed by atoms with Gasteiger partial charge in [0.25, 0.3) is 0 Å². The molecule has 0 amide bonds. The molecule has 2 nitrogen and oxygen atoms in total. The van der Waals surface area contributed by atoms with Crippen molar-refractivity contribution in [2.75, 3.05) is 11.4 Å². The minimum Gasteiger partial charge on any atom is -0.368 e. The molecule has 1 atom stereocenters. The maximum absolute atomic E-state index is 6.01. The number of benzene rings is 1. The monoisotopic (exact) mass is 322 g/mol. The Balaban J connectivity index is 1.87. The van der Waals surface area contributed by atoms with Gasteiger partial charge in [0.15, 0.2) is 0 Å². The van der Waals surface area contributed by atoms with Crippen LogP contribution in [0, 0.1) is 5.92 Å². The molecule has 1 aromatic carbocycles. The van der Waals surface area contributed by atoms with Crippen molar-refractivity contribution in [3.05, 3.63) is 28.2 Å². The first-order chi connectivity index (χ1) is 9.13. The molecule has 2 aliphatic carbocycles. The SMILES string of the molecule is CC(N)Cc1ccc(Br)cc1N(CC1CC1)C1CC1. The number of anilines is 1. The molecule has 3 rings (SSSR count). The van der Waals surface area contributed by atoms with Crippen LogP contribution in [-0.2, 0) is 6.42 Å². The van der Waals surface area contributed by atoms with Gasteiger partial charge in [0.1, 0.15) is 0 Å². The summed E-state index contributed by atoms with van der Waals surface area (Å²) in [5.74, 6) is 0.933. The number of rotatable bonds is 6. The van der Waals surface area contributed by atoms with Gasteiger partial charge in [-0.05, 0) is 62.6 Å². The van der Waals surface area contributed by atoms with Crippen molar-refractivity contribution >= 4 is 21.6 Å². The summed E-state index contributed by atoms with van der Waals surface area (Å²) >= 11 is 3.62. The minimum absolute atomic E-state index is 0.224. The number of nitrogens with zero attached hydrogens (tertiary/aromatic N) is 1. The molecule has 0 aromatic heterocycles. The molecular weight excluding hydrogens is 300 g/mol. The lowest BCUT2D eigenvalue weighted by Gasteiger charge is -2.28. The molecule has 2 fully saturated rings. The van der Waals surface area contributed by atoms with Crippen LogP contribution in [0.5, 0.6) is 0 Å². The Bertz CT molecular complexity index is 450. The van der Waals surface area contributed by atoms with E-state index in [0.29, 0.717) is 0 Å². The fourth-order valence-corrected chi connectivity index (χ4v) is 3.08. The molecule has 0 saturated heterocycles. The van der Waals surface area contributed by atoms with Gasteiger partial charge in [0.05, 0.1) is 0 Å². The van der Waals surface area contributed by atoms with E-state index in [0.717, 1.165) is 18.4 Å². The summed E-state index contributed by atoms with van der Waals surface area (Å²) in [6.07, 6.45) is 6.52. The second-order valence-electron chi connectivity index (χ2n) is 6.28. The summed E-state index contributed by atoms with van der Waals surface area (Å²) in [4.78, 5) is 2.65. The van der Waals surface area contributed by atoms with Crippen LogP contribution in [0.3, 0.4) is 0 Å². The Morgan fingerprint density at radius 3 is 2.63 bits per heavy atom. The van der Waals surface area contributed by atoms with Gasteiger partial charge in [-0.1, -0.05) is 22.0 Å². The number of hydrogen-bond acceptors (Lipinski definition) is 2. The first-order valence-corrected chi connectivity index (χ1v) is 8.23. The highest BCUT2D eigenvalue weighted by molar-refractivity contribution is 9.10. The van der Waals surface area contributed by atoms with E-state index in [-0.39, 0.29) is 6.04 Å². The van der Waals surface area contributed by atoms with E-state index in [2.05, 4.69) is 46.0 Å². The van der Waals surface area contributed by atoms with Crippen LogP contribution in [0.15, 0.2) is 22.7 Å². The van der Waals surface area contributed by atoms with Crippen LogP contribution >= 0.6 is 15.9 Å². The van der Waals surface area contributed by atoms with E-state index in [9.17, 15) is 0 Å². The third kappa shape index (κ3) is 3.51. The summed E-state index contributed by atoms with van der Waals surface area (Å²) in [6.45, 7) is 3.33. The van der Waals surface area contributed by atoms with Crippen molar-refractivity contribution in [2.24, 2.45) is 11.7 Å². The van der Waals surface area contributed by atoms with Gasteiger partial charge in [0.2, 0.25) is 0 Å². The first-order valence-electron chi connectivity index (χ1n) is 7.44. The topological polar surface area (TPSA) is 29.3 Å². The summed E-state index contributed by atoms with van der Waals surface area (Å²) in [6, 6.07) is 7.68. The van der Waals surface area contributed by atoms with Gasteiger partial charge < -0.3 is 10.6 Å². The van der Waals surface area contributed by atoms with E-state index >= 15 is 0 Å². The van der Waals surface area contributed by atoms with E-state index in [4.69, 9.17) is 5.73 Å². The minimum atomic E-state index is 0.224. The fourth-order valence-electron chi connectivity index (χ4n) is 2.73. The van der Waals surface area contributed by atoms with Crippen LogP contribution in [-0.4, -0.2) is 18.6 Å². The molecule has 1 aromatic rings. The van der Waals surface area contributed by atoms with Crippen molar-refractivity contribution in [2.45, 2.75) is 51.1 Å². The average Bonchev–Trinajstić information content (AvgIpc) is 3.22. The summed E-state index contributed by atoms with van der Waals surface area (Å²) < 4.78 is 1.18. The molecule has 0 spiro atoms. The highest BCUT2D eigenvalue weighted by atomic mass is 79.9.